The zero-order chi connectivity index (χ0) is 13.0. The molecule has 0 unspecified atom stereocenters. The molecule has 0 aliphatic heterocycles. The molecular weight excluding hydrogens is 264 g/mol. The minimum absolute atomic E-state index is 0.681. The summed E-state index contributed by atoms with van der Waals surface area (Å²) < 4.78 is 0. The highest BCUT2D eigenvalue weighted by atomic mass is 35.5. The molecule has 4 heteroatoms. The van der Waals surface area contributed by atoms with Gasteiger partial charge in [-0.15, -0.1) is 11.8 Å². The number of benzene rings is 1. The van der Waals surface area contributed by atoms with Gasteiger partial charge >= 0.3 is 0 Å². The van der Waals surface area contributed by atoms with Gasteiger partial charge in [-0.2, -0.15) is 0 Å². The summed E-state index contributed by atoms with van der Waals surface area (Å²) >= 11 is 7.88. The lowest BCUT2D eigenvalue weighted by molar-refractivity contribution is 0.919. The van der Waals surface area contributed by atoms with Crippen LogP contribution < -0.4 is 4.90 Å². The highest BCUT2D eigenvalue weighted by molar-refractivity contribution is 7.98. The fourth-order valence-electron chi connectivity index (χ4n) is 1.77. The van der Waals surface area contributed by atoms with Crippen molar-refractivity contribution in [1.29, 1.82) is 0 Å². The smallest absolute Gasteiger partial charge is 0.0822 e. The van der Waals surface area contributed by atoms with E-state index in [4.69, 9.17) is 11.6 Å². The third-order valence-electron chi connectivity index (χ3n) is 2.74. The summed E-state index contributed by atoms with van der Waals surface area (Å²) in [6.45, 7) is 0.832. The summed E-state index contributed by atoms with van der Waals surface area (Å²) in [5.41, 5.74) is 2.27. The van der Waals surface area contributed by atoms with Gasteiger partial charge in [-0.25, -0.2) is 0 Å². The topological polar surface area (TPSA) is 16.1 Å². The monoisotopic (exact) mass is 278 g/mol. The molecule has 0 spiro atoms. The van der Waals surface area contributed by atoms with E-state index in [1.807, 2.05) is 13.1 Å². The second-order valence-corrected chi connectivity index (χ2v) is 5.32. The van der Waals surface area contributed by atoms with E-state index >= 15 is 0 Å². The first-order chi connectivity index (χ1) is 8.70. The lowest BCUT2D eigenvalue weighted by Crippen LogP contribution is -2.16. The number of nitrogens with zero attached hydrogens (tertiary/aromatic N) is 2. The largest absolute Gasteiger partial charge is 0.369 e. The molecule has 2 nitrogen and oxygen atoms in total. The van der Waals surface area contributed by atoms with E-state index in [1.165, 1.54) is 10.5 Å². The third-order valence-corrected chi connectivity index (χ3v) is 3.78. The molecule has 0 bridgehead atoms. The minimum Gasteiger partial charge on any atom is -0.369 e. The Labute approximate surface area is 117 Å². The molecule has 0 amide bonds. The lowest BCUT2D eigenvalue weighted by atomic mass is 10.2. The van der Waals surface area contributed by atoms with E-state index in [0.29, 0.717) is 5.02 Å². The van der Waals surface area contributed by atoms with Crippen LogP contribution in [0.25, 0.3) is 0 Å². The highest BCUT2D eigenvalue weighted by Gasteiger charge is 2.06. The van der Waals surface area contributed by atoms with E-state index in [-0.39, 0.29) is 0 Å². The maximum absolute atomic E-state index is 6.13. The molecule has 2 rings (SSSR count). The quantitative estimate of drug-likeness (QED) is 0.784. The zero-order valence-electron chi connectivity index (χ0n) is 10.4. The van der Waals surface area contributed by atoms with E-state index in [9.17, 15) is 0 Å². The number of rotatable bonds is 4. The van der Waals surface area contributed by atoms with Crippen LogP contribution in [0.1, 0.15) is 5.56 Å². The summed E-state index contributed by atoms with van der Waals surface area (Å²) in [6, 6.07) is 10.5. The molecule has 1 aromatic heterocycles. The van der Waals surface area contributed by atoms with Crippen LogP contribution in [-0.2, 0) is 6.54 Å². The average Bonchev–Trinajstić information content (AvgIpc) is 2.40. The van der Waals surface area contributed by atoms with Crippen molar-refractivity contribution in [3.05, 3.63) is 53.3 Å². The number of hydrogen-bond donors (Lipinski definition) is 0. The van der Waals surface area contributed by atoms with Gasteiger partial charge in [-0.1, -0.05) is 23.7 Å². The van der Waals surface area contributed by atoms with Crippen molar-refractivity contribution in [2.45, 2.75) is 11.4 Å². The Morgan fingerprint density at radius 1 is 1.22 bits per heavy atom. The lowest BCUT2D eigenvalue weighted by Gasteiger charge is -2.20. The van der Waals surface area contributed by atoms with Crippen molar-refractivity contribution in [2.75, 3.05) is 18.2 Å². The molecule has 0 atom stereocenters. The van der Waals surface area contributed by atoms with Crippen LogP contribution in [-0.4, -0.2) is 18.3 Å². The molecule has 0 fully saturated rings. The Balaban J connectivity index is 2.11. The Morgan fingerprint density at radius 2 is 1.94 bits per heavy atom. The Morgan fingerprint density at radius 3 is 2.56 bits per heavy atom. The van der Waals surface area contributed by atoms with Gasteiger partial charge in [0.1, 0.15) is 0 Å². The molecule has 0 N–H and O–H groups in total. The van der Waals surface area contributed by atoms with Crippen LogP contribution in [0, 0.1) is 0 Å². The predicted octanol–water partition coefficient (Wildman–Crippen LogP) is 4.09. The molecule has 18 heavy (non-hydrogen) atoms. The molecule has 0 aliphatic carbocycles. The second-order valence-electron chi connectivity index (χ2n) is 4.03. The number of anilines is 1. The van der Waals surface area contributed by atoms with E-state index < -0.39 is 0 Å². The fraction of sp³-hybridized carbons (Fsp3) is 0.214. The van der Waals surface area contributed by atoms with Crippen molar-refractivity contribution in [3.63, 3.8) is 0 Å². The number of hydrogen-bond acceptors (Lipinski definition) is 3. The van der Waals surface area contributed by atoms with Gasteiger partial charge in [0.2, 0.25) is 0 Å². The molecule has 0 radical (unpaired) electrons. The van der Waals surface area contributed by atoms with Gasteiger partial charge in [-0.05, 0) is 30.0 Å². The molecule has 2 aromatic rings. The van der Waals surface area contributed by atoms with Gasteiger partial charge in [-0.3, -0.25) is 4.98 Å². The molecule has 1 heterocycles. The first kappa shape index (κ1) is 13.2. The normalized spacial score (nSPS) is 10.4. The summed E-state index contributed by atoms with van der Waals surface area (Å²) in [7, 11) is 2.03. The van der Waals surface area contributed by atoms with Gasteiger partial charge in [0.25, 0.3) is 0 Å². The van der Waals surface area contributed by atoms with Crippen molar-refractivity contribution in [1.82, 2.24) is 4.98 Å². The Hall–Kier alpha value is -1.19. The first-order valence-corrected chi connectivity index (χ1v) is 7.24. The van der Waals surface area contributed by atoms with Gasteiger partial charge in [0, 0.05) is 30.9 Å². The summed E-state index contributed by atoms with van der Waals surface area (Å²) in [5.74, 6) is 0. The van der Waals surface area contributed by atoms with Crippen molar-refractivity contribution < 1.29 is 0 Å². The van der Waals surface area contributed by atoms with Gasteiger partial charge in [0.05, 0.1) is 10.7 Å². The van der Waals surface area contributed by atoms with Crippen LogP contribution >= 0.6 is 23.4 Å². The summed E-state index contributed by atoms with van der Waals surface area (Å²) in [4.78, 5) is 7.40. The molecule has 0 aliphatic rings. The number of pyridine rings is 1. The van der Waals surface area contributed by atoms with Crippen LogP contribution in [0.3, 0.4) is 0 Å². The third kappa shape index (κ3) is 3.18. The van der Waals surface area contributed by atoms with Crippen LogP contribution in [0.5, 0.6) is 0 Å². The summed E-state index contributed by atoms with van der Waals surface area (Å²) in [6.07, 6.45) is 5.51. The van der Waals surface area contributed by atoms with Crippen molar-refractivity contribution in [2.24, 2.45) is 0 Å². The maximum atomic E-state index is 6.13. The fourth-order valence-corrected chi connectivity index (χ4v) is 2.44. The first-order valence-electron chi connectivity index (χ1n) is 5.64. The molecule has 94 valence electrons. The van der Waals surface area contributed by atoms with Gasteiger partial charge in [0.15, 0.2) is 0 Å². The van der Waals surface area contributed by atoms with Crippen LogP contribution in [0.2, 0.25) is 5.02 Å². The van der Waals surface area contributed by atoms with Crippen molar-refractivity contribution in [3.8, 4) is 0 Å². The second kappa shape index (κ2) is 6.12. The number of thioether (sulfide) groups is 1. The zero-order valence-corrected chi connectivity index (χ0v) is 12.0. The van der Waals surface area contributed by atoms with Crippen LogP contribution in [0.4, 0.5) is 5.69 Å². The molecular formula is C14H15ClN2S. The van der Waals surface area contributed by atoms with E-state index in [2.05, 4.69) is 40.4 Å². The molecule has 0 saturated carbocycles. The maximum Gasteiger partial charge on any atom is 0.0822 e. The standard InChI is InChI=1S/C14H15ClN2S/c1-17(14-7-8-16-9-13(14)15)10-11-3-5-12(18-2)6-4-11/h3-9H,10H2,1-2H3. The summed E-state index contributed by atoms with van der Waals surface area (Å²) in [5, 5.41) is 0.681. The predicted molar refractivity (Wildman–Crippen MR) is 79.6 cm³/mol. The average molecular weight is 279 g/mol. The minimum atomic E-state index is 0.681. The van der Waals surface area contributed by atoms with Crippen molar-refractivity contribution >= 4 is 29.1 Å². The van der Waals surface area contributed by atoms with E-state index in [0.717, 1.165) is 12.2 Å². The Kier molecular flexibility index (Phi) is 4.50. The number of aromatic nitrogens is 1. The molecule has 0 saturated heterocycles. The number of halogens is 1. The SMILES string of the molecule is CSc1ccc(CN(C)c2ccncc2Cl)cc1. The van der Waals surface area contributed by atoms with Crippen LogP contribution in [0.15, 0.2) is 47.6 Å². The Bertz CT molecular complexity index is 513. The highest BCUT2D eigenvalue weighted by Crippen LogP contribution is 2.24. The van der Waals surface area contributed by atoms with E-state index in [1.54, 1.807) is 24.2 Å². The van der Waals surface area contributed by atoms with Gasteiger partial charge < -0.3 is 4.90 Å². The molecule has 1 aromatic carbocycles.